The number of halogens is 1. The van der Waals surface area contributed by atoms with Crippen LogP contribution in [0, 0.1) is 0 Å². The van der Waals surface area contributed by atoms with Crippen molar-refractivity contribution >= 4 is 36.7 Å². The Bertz CT molecular complexity index is 830. The van der Waals surface area contributed by atoms with Gasteiger partial charge in [0.05, 0.1) is 0 Å². The molecule has 0 atom stereocenters. The predicted octanol–water partition coefficient (Wildman–Crippen LogP) is 7.18. The molecule has 0 spiro atoms. The van der Waals surface area contributed by atoms with E-state index in [9.17, 15) is 0 Å². The second-order valence-electron chi connectivity index (χ2n) is 8.72. The molecular weight excluding hydrogens is 491 g/mol. The van der Waals surface area contributed by atoms with E-state index in [4.69, 9.17) is 9.47 Å². The molecule has 0 radical (unpaired) electrons. The van der Waals surface area contributed by atoms with Gasteiger partial charge in [-0.05, 0) is 0 Å². The first-order chi connectivity index (χ1) is 16.1. The SMILES string of the molecule is COC(CCCCCCCCP(Br)(c1ccccc1)(c1ccccc1)c1ccccc1)OC. The molecule has 0 unspecified atom stereocenters. The minimum absolute atomic E-state index is 0.0628. The van der Waals surface area contributed by atoms with E-state index in [0.29, 0.717) is 0 Å². The van der Waals surface area contributed by atoms with Crippen LogP contribution in [0.25, 0.3) is 0 Å². The van der Waals surface area contributed by atoms with Crippen molar-refractivity contribution in [3.05, 3.63) is 91.0 Å². The molecule has 4 heteroatoms. The average Bonchev–Trinajstić information content (AvgIpc) is 2.89. The van der Waals surface area contributed by atoms with Crippen molar-refractivity contribution in [1.82, 2.24) is 0 Å². The molecule has 0 bridgehead atoms. The summed E-state index contributed by atoms with van der Waals surface area (Å²) in [6, 6.07) is 33.3. The van der Waals surface area contributed by atoms with E-state index >= 15 is 0 Å². The molecule has 2 nitrogen and oxygen atoms in total. The molecule has 178 valence electrons. The zero-order chi connectivity index (χ0) is 23.4. The molecule has 3 aromatic carbocycles. The molecule has 33 heavy (non-hydrogen) atoms. The molecule has 0 fully saturated rings. The van der Waals surface area contributed by atoms with Crippen LogP contribution in [-0.4, -0.2) is 26.7 Å². The molecule has 0 aliphatic carbocycles. The van der Waals surface area contributed by atoms with Crippen molar-refractivity contribution < 1.29 is 9.47 Å². The van der Waals surface area contributed by atoms with Crippen LogP contribution in [0.5, 0.6) is 0 Å². The molecule has 0 saturated heterocycles. The van der Waals surface area contributed by atoms with Crippen LogP contribution >= 0.6 is 20.8 Å². The number of benzene rings is 3. The fraction of sp³-hybridized carbons (Fsp3) is 0.379. The minimum atomic E-state index is -2.76. The third-order valence-electron chi connectivity index (χ3n) is 6.68. The number of hydrogen-bond donors (Lipinski definition) is 0. The van der Waals surface area contributed by atoms with Crippen molar-refractivity contribution in [2.24, 2.45) is 0 Å². The second-order valence-corrected chi connectivity index (χ2v) is 17.8. The first-order valence-electron chi connectivity index (χ1n) is 12.1. The van der Waals surface area contributed by atoms with Crippen LogP contribution in [0.3, 0.4) is 0 Å². The molecule has 0 aromatic heterocycles. The quantitative estimate of drug-likeness (QED) is 0.125. The van der Waals surface area contributed by atoms with Crippen LogP contribution in [-0.2, 0) is 9.47 Å². The van der Waals surface area contributed by atoms with Gasteiger partial charge < -0.3 is 0 Å². The van der Waals surface area contributed by atoms with Crippen molar-refractivity contribution in [3.8, 4) is 0 Å². The Labute approximate surface area is 208 Å². The summed E-state index contributed by atoms with van der Waals surface area (Å²) in [5.74, 6) is 0. The van der Waals surface area contributed by atoms with Gasteiger partial charge in [-0.15, -0.1) is 0 Å². The van der Waals surface area contributed by atoms with Gasteiger partial charge in [-0.25, -0.2) is 0 Å². The number of methoxy groups -OCH3 is 2. The van der Waals surface area contributed by atoms with Crippen molar-refractivity contribution in [3.63, 3.8) is 0 Å². The fourth-order valence-electron chi connectivity index (χ4n) is 4.81. The number of rotatable bonds is 14. The van der Waals surface area contributed by atoms with E-state index in [0.717, 1.165) is 19.0 Å². The summed E-state index contributed by atoms with van der Waals surface area (Å²) in [7, 11) is 3.43. The maximum absolute atomic E-state index is 5.30. The Morgan fingerprint density at radius 3 is 1.33 bits per heavy atom. The third kappa shape index (κ3) is 6.14. The summed E-state index contributed by atoms with van der Waals surface area (Å²) in [5, 5.41) is 1.47. The van der Waals surface area contributed by atoms with E-state index in [1.165, 1.54) is 48.0 Å². The Morgan fingerprint density at radius 1 is 0.576 bits per heavy atom. The summed E-state index contributed by atoms with van der Waals surface area (Å²) in [6.45, 7) is 0. The second kappa shape index (κ2) is 12.8. The first kappa shape index (κ1) is 26.1. The van der Waals surface area contributed by atoms with Crippen molar-refractivity contribution in [2.75, 3.05) is 20.4 Å². The maximum atomic E-state index is 5.30. The first-order valence-corrected chi connectivity index (χ1v) is 16.5. The molecular formula is C29H38BrO2P. The summed E-state index contributed by atoms with van der Waals surface area (Å²) in [5.41, 5.74) is 0. The van der Waals surface area contributed by atoms with Crippen LogP contribution in [0.2, 0.25) is 0 Å². The van der Waals surface area contributed by atoms with Crippen LogP contribution in [0.15, 0.2) is 91.0 Å². The zero-order valence-electron chi connectivity index (χ0n) is 20.0. The Morgan fingerprint density at radius 2 is 0.939 bits per heavy atom. The zero-order valence-corrected chi connectivity index (χ0v) is 22.5. The van der Waals surface area contributed by atoms with E-state index < -0.39 is 5.31 Å². The van der Waals surface area contributed by atoms with E-state index in [1.807, 2.05) is 0 Å². The number of ether oxygens (including phenoxy) is 2. The monoisotopic (exact) mass is 528 g/mol. The summed E-state index contributed by atoms with van der Waals surface area (Å²) < 4.78 is 10.6. The fourth-order valence-corrected chi connectivity index (χ4v) is 12.6. The van der Waals surface area contributed by atoms with Crippen LogP contribution < -0.4 is 15.9 Å². The Kier molecular flexibility index (Phi) is 10.1. The van der Waals surface area contributed by atoms with Gasteiger partial charge in [-0.3, -0.25) is 0 Å². The normalized spacial score (nSPS) is 13.0. The molecule has 0 amide bonds. The molecule has 0 saturated carbocycles. The van der Waals surface area contributed by atoms with Crippen molar-refractivity contribution in [2.45, 2.75) is 51.2 Å². The van der Waals surface area contributed by atoms with Gasteiger partial charge in [0.25, 0.3) is 0 Å². The van der Waals surface area contributed by atoms with Crippen LogP contribution in [0.1, 0.15) is 44.9 Å². The van der Waals surface area contributed by atoms with Gasteiger partial charge in [0, 0.05) is 0 Å². The standard InChI is InChI=1S/C29H38BrO2P/c1-31-29(32-2)24-16-5-3-4-6-17-25-33(30,26-18-10-7-11-19-26,27-20-12-8-13-21-27)28-22-14-9-15-23-28/h7-15,18-23,29H,3-6,16-17,24-25H2,1-2H3. The number of hydrogen-bond acceptors (Lipinski definition) is 2. The van der Waals surface area contributed by atoms with Gasteiger partial charge >= 0.3 is 209 Å². The average molecular weight is 529 g/mol. The van der Waals surface area contributed by atoms with E-state index in [1.54, 1.807) is 14.2 Å². The van der Waals surface area contributed by atoms with Crippen molar-refractivity contribution in [1.29, 1.82) is 0 Å². The predicted molar refractivity (Wildman–Crippen MR) is 149 cm³/mol. The summed E-state index contributed by atoms with van der Waals surface area (Å²) in [6.07, 6.45) is 9.39. The van der Waals surface area contributed by atoms with Gasteiger partial charge in [-0.1, -0.05) is 0 Å². The van der Waals surface area contributed by atoms with Gasteiger partial charge in [-0.2, -0.15) is 0 Å². The summed E-state index contributed by atoms with van der Waals surface area (Å²) >= 11 is 4.55. The summed E-state index contributed by atoms with van der Waals surface area (Å²) in [4.78, 5) is 0. The molecule has 3 rings (SSSR count). The number of unbranched alkanes of at least 4 members (excludes halogenated alkanes) is 5. The van der Waals surface area contributed by atoms with Crippen LogP contribution in [0.4, 0.5) is 0 Å². The molecule has 0 heterocycles. The van der Waals surface area contributed by atoms with Gasteiger partial charge in [0.2, 0.25) is 0 Å². The Balaban J connectivity index is 1.77. The van der Waals surface area contributed by atoms with E-state index in [2.05, 4.69) is 106 Å². The topological polar surface area (TPSA) is 18.5 Å². The third-order valence-corrected chi connectivity index (χ3v) is 16.7. The van der Waals surface area contributed by atoms with Gasteiger partial charge in [0.1, 0.15) is 0 Å². The molecule has 3 aromatic rings. The molecule has 0 aliphatic rings. The van der Waals surface area contributed by atoms with Gasteiger partial charge in [0.15, 0.2) is 0 Å². The molecule has 0 aliphatic heterocycles. The Hall–Kier alpha value is -1.51. The van der Waals surface area contributed by atoms with E-state index in [-0.39, 0.29) is 6.29 Å². The molecule has 0 N–H and O–H groups in total.